The molecule has 20 heavy (non-hydrogen) atoms. The molecule has 2 aliphatic rings. The van der Waals surface area contributed by atoms with E-state index in [0.717, 1.165) is 44.1 Å². The van der Waals surface area contributed by atoms with Gasteiger partial charge in [-0.25, -0.2) is 0 Å². The van der Waals surface area contributed by atoms with E-state index >= 15 is 0 Å². The van der Waals surface area contributed by atoms with Crippen molar-refractivity contribution in [1.82, 2.24) is 15.5 Å². The first-order valence-electron chi connectivity index (χ1n) is 7.48. The molecule has 1 aliphatic carbocycles. The first kappa shape index (κ1) is 12.1. The van der Waals surface area contributed by atoms with Crippen molar-refractivity contribution >= 4 is 0 Å². The second-order valence-corrected chi connectivity index (χ2v) is 5.98. The summed E-state index contributed by atoms with van der Waals surface area (Å²) in [6.07, 6.45) is 4.21. The van der Waals surface area contributed by atoms with E-state index in [2.05, 4.69) is 39.7 Å². The lowest BCUT2D eigenvalue weighted by molar-refractivity contribution is 0.351. The zero-order chi connectivity index (χ0) is 13.4. The largest absolute Gasteiger partial charge is 0.339 e. The third-order valence-corrected chi connectivity index (χ3v) is 4.53. The van der Waals surface area contributed by atoms with Crippen molar-refractivity contribution in [1.29, 1.82) is 0 Å². The van der Waals surface area contributed by atoms with Crippen LogP contribution in [0.4, 0.5) is 0 Å². The van der Waals surface area contributed by atoms with Crippen molar-refractivity contribution in [3.8, 4) is 0 Å². The topological polar surface area (TPSA) is 51.0 Å². The lowest BCUT2D eigenvalue weighted by Gasteiger charge is -2.03. The van der Waals surface area contributed by atoms with Gasteiger partial charge in [-0.2, -0.15) is 4.98 Å². The van der Waals surface area contributed by atoms with Gasteiger partial charge in [-0.15, -0.1) is 0 Å². The van der Waals surface area contributed by atoms with Gasteiger partial charge < -0.3 is 9.84 Å². The van der Waals surface area contributed by atoms with Crippen molar-refractivity contribution in [2.45, 2.75) is 31.6 Å². The van der Waals surface area contributed by atoms with E-state index < -0.39 is 0 Å². The lowest BCUT2D eigenvalue weighted by Crippen LogP contribution is -2.11. The minimum Gasteiger partial charge on any atom is -0.339 e. The number of nitrogens with zero attached hydrogens (tertiary/aromatic N) is 2. The van der Waals surface area contributed by atoms with Gasteiger partial charge in [0.25, 0.3) is 0 Å². The Morgan fingerprint density at radius 3 is 2.70 bits per heavy atom. The molecule has 0 radical (unpaired) electrons. The maximum atomic E-state index is 5.45. The molecule has 4 heteroatoms. The monoisotopic (exact) mass is 269 g/mol. The van der Waals surface area contributed by atoms with E-state index in [1.807, 2.05) is 0 Å². The van der Waals surface area contributed by atoms with Crippen LogP contribution >= 0.6 is 0 Å². The summed E-state index contributed by atoms with van der Waals surface area (Å²) >= 11 is 0. The number of rotatable bonds is 3. The fourth-order valence-corrected chi connectivity index (χ4v) is 3.39. The second-order valence-electron chi connectivity index (χ2n) is 5.98. The summed E-state index contributed by atoms with van der Waals surface area (Å²) in [5.74, 6) is 2.75. The van der Waals surface area contributed by atoms with Crippen LogP contribution in [0, 0.1) is 5.92 Å². The molecule has 4 rings (SSSR count). The molecule has 2 aromatic rings. The molecule has 0 amide bonds. The highest BCUT2D eigenvalue weighted by molar-refractivity contribution is 5.34. The highest BCUT2D eigenvalue weighted by Gasteiger charge is 2.27. The zero-order valence-electron chi connectivity index (χ0n) is 11.5. The Balaban J connectivity index is 1.46. The van der Waals surface area contributed by atoms with Gasteiger partial charge >= 0.3 is 0 Å². The Hall–Kier alpha value is -1.68. The molecule has 4 nitrogen and oxygen atoms in total. The Morgan fingerprint density at radius 1 is 1.20 bits per heavy atom. The molecule has 0 bridgehead atoms. The first-order valence-corrected chi connectivity index (χ1v) is 7.48. The summed E-state index contributed by atoms with van der Waals surface area (Å²) in [6.45, 7) is 2.19. The molecule has 1 aromatic heterocycles. The quantitative estimate of drug-likeness (QED) is 0.927. The van der Waals surface area contributed by atoms with Gasteiger partial charge in [0.2, 0.25) is 5.89 Å². The Morgan fingerprint density at radius 2 is 2.00 bits per heavy atom. The number of hydrogen-bond acceptors (Lipinski definition) is 4. The smallest absolute Gasteiger partial charge is 0.226 e. The van der Waals surface area contributed by atoms with E-state index in [9.17, 15) is 0 Å². The Labute approximate surface area is 118 Å². The molecule has 1 atom stereocenters. The third-order valence-electron chi connectivity index (χ3n) is 4.53. The number of nitrogens with one attached hydrogen (secondary N) is 1. The number of benzene rings is 1. The Kier molecular flexibility index (Phi) is 3.03. The van der Waals surface area contributed by atoms with Crippen LogP contribution < -0.4 is 5.32 Å². The molecule has 1 aliphatic heterocycles. The van der Waals surface area contributed by atoms with Crippen molar-refractivity contribution in [2.24, 2.45) is 5.92 Å². The van der Waals surface area contributed by atoms with Crippen molar-refractivity contribution in [3.05, 3.63) is 47.1 Å². The van der Waals surface area contributed by atoms with Gasteiger partial charge in [0.1, 0.15) is 0 Å². The van der Waals surface area contributed by atoms with Gasteiger partial charge in [-0.05, 0) is 49.4 Å². The molecular weight excluding hydrogens is 250 g/mol. The molecule has 104 valence electrons. The molecule has 1 fully saturated rings. The molecular formula is C16H19N3O. The fourth-order valence-electron chi connectivity index (χ4n) is 3.39. The first-order chi connectivity index (χ1) is 9.88. The van der Waals surface area contributed by atoms with Crippen molar-refractivity contribution in [2.75, 3.05) is 13.1 Å². The fraction of sp³-hybridized carbons (Fsp3) is 0.500. The van der Waals surface area contributed by atoms with Crippen molar-refractivity contribution in [3.63, 3.8) is 0 Å². The van der Waals surface area contributed by atoms with Gasteiger partial charge in [0.15, 0.2) is 5.82 Å². The van der Waals surface area contributed by atoms with Crippen LogP contribution in [0.15, 0.2) is 28.8 Å². The molecule has 0 saturated carbocycles. The van der Waals surface area contributed by atoms with Crippen LogP contribution in [-0.4, -0.2) is 23.2 Å². The normalized spacial score (nSPS) is 22.3. The van der Waals surface area contributed by atoms with Crippen LogP contribution in [-0.2, 0) is 19.3 Å². The third kappa shape index (κ3) is 2.24. The highest BCUT2D eigenvalue weighted by atomic mass is 16.5. The molecule has 2 heterocycles. The van der Waals surface area contributed by atoms with E-state index in [1.165, 1.54) is 17.5 Å². The summed E-state index contributed by atoms with van der Waals surface area (Å²) < 4.78 is 5.45. The van der Waals surface area contributed by atoms with Crippen LogP contribution in [0.3, 0.4) is 0 Å². The molecule has 1 N–H and O–H groups in total. The summed E-state index contributed by atoms with van der Waals surface area (Å²) in [7, 11) is 0. The summed E-state index contributed by atoms with van der Waals surface area (Å²) in [5, 5.41) is 7.59. The summed E-state index contributed by atoms with van der Waals surface area (Å²) in [5.41, 5.74) is 2.87. The van der Waals surface area contributed by atoms with Crippen LogP contribution in [0.25, 0.3) is 0 Å². The number of hydrogen-bond donors (Lipinski definition) is 1. The summed E-state index contributed by atoms with van der Waals surface area (Å²) in [4.78, 5) is 4.63. The summed E-state index contributed by atoms with van der Waals surface area (Å²) in [6, 6.07) is 8.63. The van der Waals surface area contributed by atoms with Crippen LogP contribution in [0.2, 0.25) is 0 Å². The van der Waals surface area contributed by atoms with E-state index in [4.69, 9.17) is 4.52 Å². The number of aromatic nitrogens is 2. The molecule has 1 aromatic carbocycles. The van der Waals surface area contributed by atoms with Gasteiger partial charge in [-0.3, -0.25) is 0 Å². The molecule has 1 saturated heterocycles. The zero-order valence-corrected chi connectivity index (χ0v) is 11.5. The maximum absolute atomic E-state index is 5.45. The lowest BCUT2D eigenvalue weighted by atomic mass is 10.0. The predicted molar refractivity (Wildman–Crippen MR) is 75.6 cm³/mol. The minimum absolute atomic E-state index is 0.395. The average molecular weight is 269 g/mol. The highest BCUT2D eigenvalue weighted by Crippen LogP contribution is 2.32. The van der Waals surface area contributed by atoms with E-state index in [-0.39, 0.29) is 0 Å². The van der Waals surface area contributed by atoms with E-state index in [1.54, 1.807) is 0 Å². The minimum atomic E-state index is 0.395. The van der Waals surface area contributed by atoms with Crippen molar-refractivity contribution < 1.29 is 4.52 Å². The predicted octanol–water partition coefficient (Wildman–Crippen LogP) is 2.10. The van der Waals surface area contributed by atoms with E-state index in [0.29, 0.717) is 11.8 Å². The van der Waals surface area contributed by atoms with Gasteiger partial charge in [0, 0.05) is 12.3 Å². The SMILES string of the molecule is c1ccc2c(c1)CC(c1noc(CC3CCNC3)n1)C2. The second kappa shape index (κ2) is 5.02. The molecule has 0 spiro atoms. The van der Waals surface area contributed by atoms with Crippen LogP contribution in [0.5, 0.6) is 0 Å². The standard InChI is InChI=1S/C16H19N3O/c1-2-4-13-9-14(8-12(13)3-1)16-18-15(20-19-16)7-11-5-6-17-10-11/h1-4,11,14,17H,5-10H2. The average Bonchev–Trinajstić information content (AvgIpc) is 3.18. The number of fused-ring (bicyclic) bond motifs is 1. The van der Waals surface area contributed by atoms with Gasteiger partial charge in [0.05, 0.1) is 0 Å². The molecule has 1 unspecified atom stereocenters. The Bertz CT molecular complexity index is 576. The van der Waals surface area contributed by atoms with Crippen LogP contribution in [0.1, 0.15) is 35.2 Å². The van der Waals surface area contributed by atoms with Gasteiger partial charge in [-0.1, -0.05) is 29.4 Å². The maximum Gasteiger partial charge on any atom is 0.226 e.